The maximum atomic E-state index is 12.7. The second kappa shape index (κ2) is 7.72. The van der Waals surface area contributed by atoms with Crippen molar-refractivity contribution < 1.29 is 9.53 Å². The molecule has 4 nitrogen and oxygen atoms in total. The van der Waals surface area contributed by atoms with Gasteiger partial charge in [0.05, 0.1) is 12.1 Å². The molecule has 2 aromatic heterocycles. The number of hydrogen-bond donors (Lipinski definition) is 0. The molecular weight excluding hydrogens is 368 g/mol. The molecule has 1 aromatic carbocycles. The number of fused-ring (bicyclic) bond motifs is 1. The fourth-order valence-corrected chi connectivity index (χ4v) is 4.16. The highest BCUT2D eigenvalue weighted by molar-refractivity contribution is 7.18. The number of Topliss-reactive ketones (excluding diaryl/α,β-unsaturated/α-hetero) is 1. The number of aromatic nitrogens is 2. The van der Waals surface area contributed by atoms with Crippen molar-refractivity contribution in [3.05, 3.63) is 51.1 Å². The number of halogens is 1. The number of ether oxygens (including phenoxy) is 1. The summed E-state index contributed by atoms with van der Waals surface area (Å²) >= 11 is 7.65. The molecule has 0 bridgehead atoms. The minimum Gasteiger partial charge on any atom is -0.496 e. The maximum absolute atomic E-state index is 12.7. The summed E-state index contributed by atoms with van der Waals surface area (Å²) in [5.41, 5.74) is 3.79. The van der Waals surface area contributed by atoms with Crippen molar-refractivity contribution in [3.63, 3.8) is 0 Å². The summed E-state index contributed by atoms with van der Waals surface area (Å²) in [4.78, 5) is 22.8. The van der Waals surface area contributed by atoms with Gasteiger partial charge < -0.3 is 4.74 Å². The first-order valence-electron chi connectivity index (χ1n) is 8.48. The molecule has 0 saturated heterocycles. The Morgan fingerprint density at radius 1 is 1.27 bits per heavy atom. The highest BCUT2D eigenvalue weighted by Crippen LogP contribution is 2.31. The zero-order chi connectivity index (χ0) is 18.8. The average molecular weight is 389 g/mol. The van der Waals surface area contributed by atoms with E-state index in [1.165, 1.54) is 0 Å². The molecule has 0 amide bonds. The molecule has 26 heavy (non-hydrogen) atoms. The van der Waals surface area contributed by atoms with Crippen molar-refractivity contribution in [2.45, 2.75) is 39.5 Å². The first-order valence-corrected chi connectivity index (χ1v) is 9.67. The van der Waals surface area contributed by atoms with Gasteiger partial charge in [-0.05, 0) is 42.2 Å². The summed E-state index contributed by atoms with van der Waals surface area (Å²) in [5.74, 6) is 1.04. The van der Waals surface area contributed by atoms with Crippen molar-refractivity contribution in [2.75, 3.05) is 7.11 Å². The Balaban J connectivity index is 1.90. The van der Waals surface area contributed by atoms with Crippen LogP contribution in [0.15, 0.2) is 24.4 Å². The van der Waals surface area contributed by atoms with Gasteiger partial charge in [-0.25, -0.2) is 9.97 Å². The summed E-state index contributed by atoms with van der Waals surface area (Å²) in [6.07, 6.45) is 2.42. The average Bonchev–Trinajstić information content (AvgIpc) is 2.94. The summed E-state index contributed by atoms with van der Waals surface area (Å²) < 4.78 is 5.34. The standard InChI is InChI=1S/C20H21ClN2O2S/c1-11(2)18-14(10-22-20-19(18)23-12(3)26-20)9-16(24)8-13-7-15(21)5-6-17(13)25-4/h5-7,10-11H,8-9H2,1-4H3. The predicted molar refractivity (Wildman–Crippen MR) is 107 cm³/mol. The quantitative estimate of drug-likeness (QED) is 0.586. The topological polar surface area (TPSA) is 52.1 Å². The van der Waals surface area contributed by atoms with Gasteiger partial charge in [0, 0.05) is 29.6 Å². The van der Waals surface area contributed by atoms with Crippen LogP contribution in [0.2, 0.25) is 5.02 Å². The molecule has 0 aliphatic heterocycles. The van der Waals surface area contributed by atoms with Gasteiger partial charge in [0.25, 0.3) is 0 Å². The van der Waals surface area contributed by atoms with Gasteiger partial charge in [-0.3, -0.25) is 4.79 Å². The van der Waals surface area contributed by atoms with E-state index in [9.17, 15) is 4.79 Å². The Morgan fingerprint density at radius 2 is 2.00 bits per heavy atom. The minimum absolute atomic E-state index is 0.0977. The molecule has 6 heteroatoms. The van der Waals surface area contributed by atoms with Crippen LogP contribution in [0.25, 0.3) is 10.3 Å². The third-order valence-electron chi connectivity index (χ3n) is 4.25. The van der Waals surface area contributed by atoms with Crippen LogP contribution >= 0.6 is 22.9 Å². The zero-order valence-electron chi connectivity index (χ0n) is 15.3. The summed E-state index contributed by atoms with van der Waals surface area (Å²) in [6.45, 7) is 6.22. The van der Waals surface area contributed by atoms with Gasteiger partial charge in [-0.2, -0.15) is 0 Å². The third-order valence-corrected chi connectivity index (χ3v) is 5.36. The van der Waals surface area contributed by atoms with E-state index in [4.69, 9.17) is 16.3 Å². The molecule has 136 valence electrons. The number of pyridine rings is 1. The number of methoxy groups -OCH3 is 1. The Bertz CT molecular complexity index is 966. The first kappa shape index (κ1) is 18.8. The number of hydrogen-bond acceptors (Lipinski definition) is 5. The number of ketones is 1. The van der Waals surface area contributed by atoms with Crippen LogP contribution in [0, 0.1) is 6.92 Å². The Morgan fingerprint density at radius 3 is 2.69 bits per heavy atom. The monoisotopic (exact) mass is 388 g/mol. The molecule has 0 aliphatic carbocycles. The lowest BCUT2D eigenvalue weighted by Gasteiger charge is -2.13. The van der Waals surface area contributed by atoms with Crippen LogP contribution < -0.4 is 4.74 Å². The van der Waals surface area contributed by atoms with Crippen molar-refractivity contribution in [2.24, 2.45) is 0 Å². The number of carbonyl (C=O) groups excluding carboxylic acids is 1. The zero-order valence-corrected chi connectivity index (χ0v) is 16.9. The number of aryl methyl sites for hydroxylation is 1. The van der Waals surface area contributed by atoms with E-state index in [0.717, 1.165) is 32.0 Å². The molecule has 0 N–H and O–H groups in total. The fourth-order valence-electron chi connectivity index (χ4n) is 3.20. The molecule has 0 atom stereocenters. The van der Waals surface area contributed by atoms with Crippen molar-refractivity contribution in [1.29, 1.82) is 0 Å². The second-order valence-corrected chi connectivity index (χ2v) is 8.20. The molecule has 0 saturated carbocycles. The van der Waals surface area contributed by atoms with E-state index < -0.39 is 0 Å². The van der Waals surface area contributed by atoms with Crippen LogP contribution in [-0.4, -0.2) is 22.9 Å². The highest BCUT2D eigenvalue weighted by Gasteiger charge is 2.18. The van der Waals surface area contributed by atoms with Crippen molar-refractivity contribution in [3.8, 4) is 5.75 Å². The van der Waals surface area contributed by atoms with E-state index in [0.29, 0.717) is 17.2 Å². The number of rotatable bonds is 6. The number of carbonyl (C=O) groups is 1. The van der Waals surface area contributed by atoms with Crippen LogP contribution in [-0.2, 0) is 17.6 Å². The van der Waals surface area contributed by atoms with Crippen LogP contribution in [0.5, 0.6) is 5.75 Å². The minimum atomic E-state index is 0.0977. The van der Waals surface area contributed by atoms with E-state index >= 15 is 0 Å². The molecule has 2 heterocycles. The second-order valence-electron chi connectivity index (χ2n) is 6.59. The number of nitrogens with zero attached hydrogens (tertiary/aromatic N) is 2. The van der Waals surface area contributed by atoms with Gasteiger partial charge in [0.1, 0.15) is 21.9 Å². The van der Waals surface area contributed by atoms with Gasteiger partial charge in [0.2, 0.25) is 0 Å². The molecule has 0 radical (unpaired) electrons. The molecular formula is C20H21ClN2O2S. The third kappa shape index (κ3) is 3.89. The predicted octanol–water partition coefficient (Wildman–Crippen LogP) is 5.14. The van der Waals surface area contributed by atoms with Crippen molar-refractivity contribution in [1.82, 2.24) is 9.97 Å². The first-order chi connectivity index (χ1) is 12.4. The smallest absolute Gasteiger partial charge is 0.143 e. The van der Waals surface area contributed by atoms with Crippen LogP contribution in [0.4, 0.5) is 0 Å². The molecule has 0 spiro atoms. The lowest BCUT2D eigenvalue weighted by molar-refractivity contribution is -0.117. The van der Waals surface area contributed by atoms with E-state index in [1.54, 1.807) is 36.6 Å². The van der Waals surface area contributed by atoms with Gasteiger partial charge in [0.15, 0.2) is 0 Å². The summed E-state index contributed by atoms with van der Waals surface area (Å²) in [7, 11) is 1.59. The molecule has 0 aliphatic rings. The summed E-state index contributed by atoms with van der Waals surface area (Å²) in [6, 6.07) is 5.33. The van der Waals surface area contributed by atoms with Gasteiger partial charge >= 0.3 is 0 Å². The highest BCUT2D eigenvalue weighted by atomic mass is 35.5. The lowest BCUT2D eigenvalue weighted by atomic mass is 9.93. The lowest BCUT2D eigenvalue weighted by Crippen LogP contribution is -2.10. The largest absolute Gasteiger partial charge is 0.496 e. The fraction of sp³-hybridized carbons (Fsp3) is 0.350. The Labute approximate surface area is 162 Å². The van der Waals surface area contributed by atoms with Crippen LogP contribution in [0.3, 0.4) is 0 Å². The van der Waals surface area contributed by atoms with Gasteiger partial charge in [-0.15, -0.1) is 0 Å². The van der Waals surface area contributed by atoms with Crippen molar-refractivity contribution >= 4 is 39.1 Å². The molecule has 3 rings (SSSR count). The number of thiazole rings is 1. The summed E-state index contributed by atoms with van der Waals surface area (Å²) in [5, 5.41) is 1.58. The SMILES string of the molecule is COc1ccc(Cl)cc1CC(=O)Cc1cnc2sc(C)nc2c1C(C)C. The molecule has 3 aromatic rings. The van der Waals surface area contributed by atoms with E-state index in [1.807, 2.05) is 13.1 Å². The maximum Gasteiger partial charge on any atom is 0.143 e. The Hall–Kier alpha value is -1.98. The van der Waals surface area contributed by atoms with E-state index in [2.05, 4.69) is 23.8 Å². The van der Waals surface area contributed by atoms with E-state index in [-0.39, 0.29) is 18.1 Å². The Kier molecular flexibility index (Phi) is 5.58. The molecule has 0 unspecified atom stereocenters. The van der Waals surface area contributed by atoms with Crippen LogP contribution in [0.1, 0.15) is 41.5 Å². The van der Waals surface area contributed by atoms with Gasteiger partial charge in [-0.1, -0.05) is 36.8 Å². The normalized spacial score (nSPS) is 11.3. The molecule has 0 fully saturated rings. The number of benzene rings is 1.